The number of anilines is 1. The number of carbonyl (C=O) groups excluding carboxylic acids is 3. The quantitative estimate of drug-likeness (QED) is 0.543. The second kappa shape index (κ2) is 9.91. The highest BCUT2D eigenvalue weighted by molar-refractivity contribution is 7.89. The Labute approximate surface area is 216 Å². The van der Waals surface area contributed by atoms with Gasteiger partial charge < -0.3 is 14.5 Å². The average molecular weight is 553 g/mol. The third-order valence-corrected chi connectivity index (χ3v) is 8.77. The molecule has 0 saturated carbocycles. The first-order valence-corrected chi connectivity index (χ1v) is 13.3. The van der Waals surface area contributed by atoms with E-state index >= 15 is 4.39 Å². The van der Waals surface area contributed by atoms with E-state index in [1.807, 2.05) is 0 Å². The summed E-state index contributed by atoms with van der Waals surface area (Å²) in [5, 5.41) is 2.22. The Kier molecular flexibility index (Phi) is 6.77. The summed E-state index contributed by atoms with van der Waals surface area (Å²) in [6.45, 7) is -2.49. The molecule has 5 rings (SSSR count). The number of carbonyl (C=O) groups is 3. The maximum absolute atomic E-state index is 15.1. The number of sulfonamides is 1. The minimum atomic E-state index is -3.91. The summed E-state index contributed by atoms with van der Waals surface area (Å²) >= 11 is 0. The van der Waals surface area contributed by atoms with Gasteiger partial charge in [0.2, 0.25) is 21.8 Å². The van der Waals surface area contributed by atoms with Crippen LogP contribution in [0.1, 0.15) is 28.8 Å². The number of amides is 3. The number of hydrogen-bond acceptors (Lipinski definition) is 7. The second-order valence-corrected chi connectivity index (χ2v) is 11.0. The molecule has 1 atom stereocenters. The fourth-order valence-electron chi connectivity index (χ4n) is 4.93. The van der Waals surface area contributed by atoms with Gasteiger partial charge in [0.05, 0.1) is 10.6 Å². The summed E-state index contributed by atoms with van der Waals surface area (Å²) in [5.74, 6) is -2.25. The van der Waals surface area contributed by atoms with E-state index in [1.54, 1.807) is 11.0 Å². The van der Waals surface area contributed by atoms with E-state index in [9.17, 15) is 31.6 Å². The lowest BCUT2D eigenvalue weighted by molar-refractivity contribution is -0.136. The number of benzene rings is 2. The average Bonchev–Trinajstić information content (AvgIpc) is 3.18. The SMILES string of the molecule is O=C1CCC(N2Cc3cc(N4CCN(S(=O)(=O)c5ccc(OC(F)F)cc5)CC4)c(F)cc3C2=O)C(=O)N1. The Morgan fingerprint density at radius 3 is 2.32 bits per heavy atom. The fraction of sp³-hybridized carbons (Fsp3) is 0.375. The molecular formula is C24H23F3N4O6S. The molecule has 202 valence electrons. The molecule has 3 aliphatic rings. The molecule has 0 spiro atoms. The van der Waals surface area contributed by atoms with Crippen molar-refractivity contribution in [1.29, 1.82) is 0 Å². The van der Waals surface area contributed by atoms with Crippen LogP contribution in [-0.4, -0.2) is 74.2 Å². The normalized spacial score (nSPS) is 20.6. The van der Waals surface area contributed by atoms with Crippen LogP contribution in [0, 0.1) is 5.82 Å². The molecule has 14 heteroatoms. The van der Waals surface area contributed by atoms with Gasteiger partial charge in [-0.25, -0.2) is 12.8 Å². The minimum absolute atomic E-state index is 0.0511. The zero-order chi connectivity index (χ0) is 27.2. The second-order valence-electron chi connectivity index (χ2n) is 9.10. The largest absolute Gasteiger partial charge is 0.435 e. The highest BCUT2D eigenvalue weighted by Gasteiger charge is 2.40. The molecule has 2 aromatic rings. The number of nitrogens with zero attached hydrogens (tertiary/aromatic N) is 3. The van der Waals surface area contributed by atoms with Crippen molar-refractivity contribution in [3.63, 3.8) is 0 Å². The Morgan fingerprint density at radius 2 is 1.68 bits per heavy atom. The standard InChI is InChI=1S/C24H23F3N4O6S/c25-18-12-17-14(13-31(23(17)34)19-5-6-21(32)28-22(19)33)11-20(18)29-7-9-30(10-8-29)38(35,36)16-3-1-15(2-4-16)37-24(26)27/h1-4,11-12,19,24H,5-10,13H2,(H,28,32,33). The van der Waals surface area contributed by atoms with E-state index < -0.39 is 46.2 Å². The first-order valence-electron chi connectivity index (χ1n) is 11.8. The molecule has 0 radical (unpaired) electrons. The van der Waals surface area contributed by atoms with E-state index in [1.165, 1.54) is 21.3 Å². The van der Waals surface area contributed by atoms with Gasteiger partial charge in [0, 0.05) is 44.7 Å². The number of imide groups is 1. The summed E-state index contributed by atoms with van der Waals surface area (Å²) in [6, 6.07) is 6.52. The van der Waals surface area contributed by atoms with E-state index in [-0.39, 0.29) is 67.5 Å². The van der Waals surface area contributed by atoms with Crippen molar-refractivity contribution < 1.29 is 40.7 Å². The van der Waals surface area contributed by atoms with Gasteiger partial charge in [0.25, 0.3) is 5.91 Å². The van der Waals surface area contributed by atoms with Crippen molar-refractivity contribution in [2.45, 2.75) is 36.9 Å². The number of alkyl halides is 2. The highest BCUT2D eigenvalue weighted by Crippen LogP contribution is 2.33. The van der Waals surface area contributed by atoms with E-state index in [2.05, 4.69) is 10.1 Å². The molecule has 2 fully saturated rings. The van der Waals surface area contributed by atoms with E-state index in [0.717, 1.165) is 18.2 Å². The van der Waals surface area contributed by atoms with Crippen LogP contribution in [0.25, 0.3) is 0 Å². The summed E-state index contributed by atoms with van der Waals surface area (Å²) < 4.78 is 71.3. The van der Waals surface area contributed by atoms with Gasteiger partial charge in [-0.05, 0) is 48.4 Å². The van der Waals surface area contributed by atoms with Crippen molar-refractivity contribution in [3.8, 4) is 5.75 Å². The van der Waals surface area contributed by atoms with Crippen LogP contribution in [0.3, 0.4) is 0 Å². The highest BCUT2D eigenvalue weighted by atomic mass is 32.2. The maximum Gasteiger partial charge on any atom is 0.387 e. The van der Waals surface area contributed by atoms with Gasteiger partial charge >= 0.3 is 6.61 Å². The van der Waals surface area contributed by atoms with Gasteiger partial charge in [-0.3, -0.25) is 19.7 Å². The molecule has 0 aliphatic carbocycles. The van der Waals surface area contributed by atoms with Crippen molar-refractivity contribution >= 4 is 33.4 Å². The number of hydrogen-bond donors (Lipinski definition) is 1. The first-order chi connectivity index (χ1) is 18.0. The van der Waals surface area contributed by atoms with Crippen molar-refractivity contribution in [3.05, 3.63) is 53.3 Å². The monoisotopic (exact) mass is 552 g/mol. The molecule has 0 bridgehead atoms. The molecule has 38 heavy (non-hydrogen) atoms. The van der Waals surface area contributed by atoms with Crippen LogP contribution in [0.15, 0.2) is 41.3 Å². The van der Waals surface area contributed by atoms with Crippen molar-refractivity contribution in [2.24, 2.45) is 0 Å². The molecule has 10 nitrogen and oxygen atoms in total. The lowest BCUT2D eigenvalue weighted by Gasteiger charge is -2.35. The zero-order valence-electron chi connectivity index (χ0n) is 19.9. The topological polar surface area (TPSA) is 116 Å². The van der Waals surface area contributed by atoms with Crippen LogP contribution < -0.4 is 15.0 Å². The Balaban J connectivity index is 1.27. The van der Waals surface area contributed by atoms with Crippen LogP contribution in [-0.2, 0) is 26.2 Å². The Morgan fingerprint density at radius 1 is 1.00 bits per heavy atom. The predicted molar refractivity (Wildman–Crippen MR) is 126 cm³/mol. The molecule has 0 aromatic heterocycles. The molecule has 3 heterocycles. The van der Waals surface area contributed by atoms with Crippen molar-refractivity contribution in [1.82, 2.24) is 14.5 Å². The summed E-state index contributed by atoms with van der Waals surface area (Å²) in [4.78, 5) is 39.5. The number of halogens is 3. The Hall–Kier alpha value is -3.65. The zero-order valence-corrected chi connectivity index (χ0v) is 20.7. The predicted octanol–water partition coefficient (Wildman–Crippen LogP) is 1.70. The molecule has 1 unspecified atom stereocenters. The smallest absolute Gasteiger partial charge is 0.387 e. The maximum atomic E-state index is 15.1. The van der Waals surface area contributed by atoms with Crippen LogP contribution in [0.4, 0.5) is 18.9 Å². The number of ether oxygens (including phenoxy) is 1. The molecule has 1 N–H and O–H groups in total. The number of piperidine rings is 1. The molecule has 3 aliphatic heterocycles. The third-order valence-electron chi connectivity index (χ3n) is 6.86. The summed E-state index contributed by atoms with van der Waals surface area (Å²) in [6.07, 6.45) is 0.301. The van der Waals surface area contributed by atoms with Crippen molar-refractivity contribution in [2.75, 3.05) is 31.1 Å². The number of nitrogens with one attached hydrogen (secondary N) is 1. The molecule has 2 aromatic carbocycles. The minimum Gasteiger partial charge on any atom is -0.435 e. The van der Waals surface area contributed by atoms with Crippen LogP contribution in [0.2, 0.25) is 0 Å². The Bertz CT molecular complexity index is 1390. The van der Waals surface area contributed by atoms with E-state index in [4.69, 9.17) is 0 Å². The third kappa shape index (κ3) is 4.80. The lowest BCUT2D eigenvalue weighted by atomic mass is 10.0. The van der Waals surface area contributed by atoms with Crippen LogP contribution >= 0.6 is 0 Å². The molecular weight excluding hydrogens is 529 g/mol. The number of rotatable bonds is 6. The van der Waals surface area contributed by atoms with Gasteiger partial charge in [0.1, 0.15) is 17.6 Å². The van der Waals surface area contributed by atoms with Gasteiger partial charge in [-0.2, -0.15) is 13.1 Å². The number of fused-ring (bicyclic) bond motifs is 1. The first kappa shape index (κ1) is 26.0. The summed E-state index contributed by atoms with van der Waals surface area (Å²) in [7, 11) is -3.91. The molecule has 3 amide bonds. The number of piperazine rings is 1. The van der Waals surface area contributed by atoms with Gasteiger partial charge in [-0.15, -0.1) is 0 Å². The van der Waals surface area contributed by atoms with Crippen LogP contribution in [0.5, 0.6) is 5.75 Å². The summed E-state index contributed by atoms with van der Waals surface area (Å²) in [5.41, 5.74) is 0.904. The van der Waals surface area contributed by atoms with Gasteiger partial charge in [-0.1, -0.05) is 0 Å². The van der Waals surface area contributed by atoms with E-state index in [0.29, 0.717) is 5.56 Å². The lowest BCUT2D eigenvalue weighted by Crippen LogP contribution is -2.52. The fourth-order valence-corrected chi connectivity index (χ4v) is 6.35. The van der Waals surface area contributed by atoms with Gasteiger partial charge in [0.15, 0.2) is 0 Å². The molecule has 2 saturated heterocycles.